The van der Waals surface area contributed by atoms with Crippen LogP contribution < -0.4 is 0 Å². The molecule has 0 radical (unpaired) electrons. The lowest BCUT2D eigenvalue weighted by Crippen LogP contribution is -2.61. The van der Waals surface area contributed by atoms with E-state index in [0.717, 1.165) is 0 Å². The van der Waals surface area contributed by atoms with Crippen LogP contribution in [0, 0.1) is 0 Å². The molecule has 0 aromatic heterocycles. The van der Waals surface area contributed by atoms with Gasteiger partial charge >= 0.3 is 30.2 Å². The molecule has 0 aromatic carbocycles. The van der Waals surface area contributed by atoms with Crippen molar-refractivity contribution in [3.05, 3.63) is 12.3 Å². The van der Waals surface area contributed by atoms with E-state index >= 15 is 0 Å². The van der Waals surface area contributed by atoms with Crippen molar-refractivity contribution in [2.24, 2.45) is 0 Å². The lowest BCUT2D eigenvalue weighted by Gasteiger charge is -2.32. The quantitative estimate of drug-likeness (QED) is 0.559. The van der Waals surface area contributed by atoms with E-state index in [-0.39, 0.29) is 0 Å². The van der Waals surface area contributed by atoms with Gasteiger partial charge in [0.15, 0.2) is 6.26 Å². The lowest BCUT2D eigenvalue weighted by molar-refractivity contribution is -0.436. The van der Waals surface area contributed by atoms with Gasteiger partial charge in [0, 0.05) is 0 Å². The molecule has 0 fully saturated rings. The molecule has 0 aliphatic heterocycles. The zero-order chi connectivity index (χ0) is 15.0. The Morgan fingerprint density at radius 2 is 1.11 bits per heavy atom. The maximum atomic E-state index is 12.3. The summed E-state index contributed by atoms with van der Waals surface area (Å²) in [6.45, 7) is 0. The highest BCUT2D eigenvalue weighted by atomic mass is 19.4. The van der Waals surface area contributed by atoms with Gasteiger partial charge < -0.3 is 4.74 Å². The molecule has 12 heteroatoms. The molecule has 18 heavy (non-hydrogen) atoms. The van der Waals surface area contributed by atoms with Crippen molar-refractivity contribution in [1.29, 1.82) is 0 Å². The van der Waals surface area contributed by atoms with Crippen molar-refractivity contribution >= 4 is 0 Å². The standard InChI is InChI=1S/C6HF11O/c7-2(8)1-18-6(16,17)4(11,12)3(9,10)5(13,14)15/h1H. The Bertz CT molecular complexity index is 323. The zero-order valence-electron chi connectivity index (χ0n) is 7.64. The summed E-state index contributed by atoms with van der Waals surface area (Å²) in [4.78, 5) is 0. The third kappa shape index (κ3) is 2.77. The van der Waals surface area contributed by atoms with Crippen LogP contribution in [0.15, 0.2) is 12.3 Å². The number of ether oxygens (including phenoxy) is 1. The molecule has 1 nitrogen and oxygen atoms in total. The van der Waals surface area contributed by atoms with Crippen LogP contribution in [-0.2, 0) is 4.74 Å². The summed E-state index contributed by atoms with van der Waals surface area (Å²) in [5, 5.41) is 0. The van der Waals surface area contributed by atoms with Crippen molar-refractivity contribution in [1.82, 2.24) is 0 Å². The highest BCUT2D eigenvalue weighted by molar-refractivity contribution is 4.97. The van der Waals surface area contributed by atoms with Crippen LogP contribution in [0.4, 0.5) is 48.3 Å². The van der Waals surface area contributed by atoms with Crippen molar-refractivity contribution in [2.75, 3.05) is 0 Å². The Balaban J connectivity index is 5.43. The highest BCUT2D eigenvalue weighted by Gasteiger charge is 2.83. The van der Waals surface area contributed by atoms with Crippen LogP contribution in [0.2, 0.25) is 0 Å². The molecule has 0 heterocycles. The average Bonchev–Trinajstić information content (AvgIpc) is 2.12. The van der Waals surface area contributed by atoms with E-state index < -0.39 is 36.5 Å². The smallest absolute Gasteiger partial charge is 0.430 e. The van der Waals surface area contributed by atoms with E-state index in [2.05, 4.69) is 4.74 Å². The molecule has 0 unspecified atom stereocenters. The lowest BCUT2D eigenvalue weighted by atomic mass is 10.1. The molecular formula is C6HF11O. The van der Waals surface area contributed by atoms with Crippen LogP contribution in [0.3, 0.4) is 0 Å². The monoisotopic (exact) mass is 298 g/mol. The third-order valence-corrected chi connectivity index (χ3v) is 1.41. The Morgan fingerprint density at radius 1 is 0.722 bits per heavy atom. The van der Waals surface area contributed by atoms with Crippen molar-refractivity contribution < 1.29 is 53.0 Å². The van der Waals surface area contributed by atoms with Gasteiger partial charge in [0.2, 0.25) is 0 Å². The first-order valence-corrected chi connectivity index (χ1v) is 3.56. The largest absolute Gasteiger partial charge is 0.470 e. The molecule has 0 bridgehead atoms. The molecular weight excluding hydrogens is 297 g/mol. The molecule has 0 aliphatic rings. The number of rotatable bonds is 4. The summed E-state index contributed by atoms with van der Waals surface area (Å²) in [5.74, 6) is -14.3. The van der Waals surface area contributed by atoms with Gasteiger partial charge in [-0.1, -0.05) is 0 Å². The van der Waals surface area contributed by atoms with Gasteiger partial charge in [-0.3, -0.25) is 0 Å². The van der Waals surface area contributed by atoms with Gasteiger partial charge in [-0.2, -0.15) is 48.3 Å². The van der Waals surface area contributed by atoms with Crippen LogP contribution in [-0.4, -0.2) is 24.1 Å². The Hall–Kier alpha value is -1.23. The molecule has 0 spiro atoms. The van der Waals surface area contributed by atoms with E-state index in [0.29, 0.717) is 0 Å². The first-order chi connectivity index (χ1) is 7.67. The normalized spacial score (nSPS) is 14.4. The predicted octanol–water partition coefficient (Wildman–Crippen LogP) is 4.17. The van der Waals surface area contributed by atoms with Gasteiger partial charge in [0.05, 0.1) is 0 Å². The fourth-order valence-corrected chi connectivity index (χ4v) is 0.553. The maximum absolute atomic E-state index is 12.3. The summed E-state index contributed by atoms with van der Waals surface area (Å²) in [6, 6.07) is 0. The van der Waals surface area contributed by atoms with E-state index in [1.54, 1.807) is 0 Å². The molecule has 0 saturated carbocycles. The minimum absolute atomic E-state index is 1.37. The zero-order valence-corrected chi connectivity index (χ0v) is 7.64. The summed E-state index contributed by atoms with van der Waals surface area (Å²) in [5.41, 5.74) is 0. The van der Waals surface area contributed by atoms with Crippen LogP contribution in [0.1, 0.15) is 0 Å². The number of hydrogen-bond donors (Lipinski definition) is 0. The number of alkyl halides is 9. The average molecular weight is 298 g/mol. The van der Waals surface area contributed by atoms with E-state index in [9.17, 15) is 48.3 Å². The molecule has 0 N–H and O–H groups in total. The molecule has 0 amide bonds. The van der Waals surface area contributed by atoms with Crippen LogP contribution >= 0.6 is 0 Å². The summed E-state index contributed by atoms with van der Waals surface area (Å²) in [7, 11) is 0. The van der Waals surface area contributed by atoms with Gasteiger partial charge in [0.1, 0.15) is 0 Å². The van der Waals surface area contributed by atoms with Crippen molar-refractivity contribution in [2.45, 2.75) is 24.1 Å². The Labute approximate surface area is 90.8 Å². The minimum Gasteiger partial charge on any atom is -0.430 e. The van der Waals surface area contributed by atoms with Gasteiger partial charge in [0.25, 0.3) is 0 Å². The molecule has 0 aromatic rings. The predicted molar refractivity (Wildman–Crippen MR) is 32.3 cm³/mol. The molecule has 0 rings (SSSR count). The molecule has 0 atom stereocenters. The Kier molecular flexibility index (Phi) is 4.16. The summed E-state index contributed by atoms with van der Waals surface area (Å²) in [6.07, 6.45) is -18.0. The van der Waals surface area contributed by atoms with E-state index in [4.69, 9.17) is 0 Å². The third-order valence-electron chi connectivity index (χ3n) is 1.41. The van der Waals surface area contributed by atoms with Gasteiger partial charge in [-0.15, -0.1) is 0 Å². The fraction of sp³-hybridized carbons (Fsp3) is 0.667. The molecule has 108 valence electrons. The first kappa shape index (κ1) is 16.8. The molecule has 0 aliphatic carbocycles. The minimum atomic E-state index is -7.18. The van der Waals surface area contributed by atoms with Crippen molar-refractivity contribution in [3.63, 3.8) is 0 Å². The highest BCUT2D eigenvalue weighted by Crippen LogP contribution is 2.53. The second kappa shape index (κ2) is 4.46. The van der Waals surface area contributed by atoms with Gasteiger partial charge in [-0.05, 0) is 0 Å². The number of hydrogen-bond acceptors (Lipinski definition) is 1. The summed E-state index contributed by atoms with van der Waals surface area (Å²) < 4.78 is 132. The molecule has 0 saturated heterocycles. The van der Waals surface area contributed by atoms with Crippen molar-refractivity contribution in [3.8, 4) is 0 Å². The second-order valence-corrected chi connectivity index (χ2v) is 2.69. The van der Waals surface area contributed by atoms with E-state index in [1.165, 1.54) is 0 Å². The fourth-order valence-electron chi connectivity index (χ4n) is 0.553. The van der Waals surface area contributed by atoms with Crippen LogP contribution in [0.25, 0.3) is 0 Å². The number of halogens is 11. The van der Waals surface area contributed by atoms with E-state index in [1.807, 2.05) is 0 Å². The maximum Gasteiger partial charge on any atom is 0.470 e. The van der Waals surface area contributed by atoms with Crippen LogP contribution in [0.5, 0.6) is 0 Å². The first-order valence-electron chi connectivity index (χ1n) is 3.56. The second-order valence-electron chi connectivity index (χ2n) is 2.69. The van der Waals surface area contributed by atoms with Gasteiger partial charge in [-0.25, -0.2) is 0 Å². The Morgan fingerprint density at radius 3 is 1.39 bits per heavy atom. The SMILES string of the molecule is FC(F)=COC(F)(F)C(F)(F)C(F)(F)C(F)(F)F. The topological polar surface area (TPSA) is 9.23 Å². The summed E-state index contributed by atoms with van der Waals surface area (Å²) >= 11 is 0.